The van der Waals surface area contributed by atoms with E-state index in [1.807, 2.05) is 29.3 Å². The van der Waals surface area contributed by atoms with Crippen molar-refractivity contribution in [3.05, 3.63) is 29.8 Å². The van der Waals surface area contributed by atoms with Gasteiger partial charge in [0.1, 0.15) is 0 Å². The van der Waals surface area contributed by atoms with Crippen LogP contribution in [0.1, 0.15) is 38.7 Å². The Bertz CT molecular complexity index is 463. The van der Waals surface area contributed by atoms with Crippen molar-refractivity contribution in [3.8, 4) is 0 Å². The molecule has 0 radical (unpaired) electrons. The number of hydrogen-bond acceptors (Lipinski definition) is 4. The molecule has 0 aromatic heterocycles. The predicted octanol–water partition coefficient (Wildman–Crippen LogP) is 2.63. The van der Waals surface area contributed by atoms with Crippen LogP contribution < -0.4 is 5.73 Å². The molecule has 1 atom stereocenters. The SMILES string of the molecule is CC1(C)CCCCN1OS(=O)Cc1cccc(N)c1. The molecular formula is C14H22N2O2S. The van der Waals surface area contributed by atoms with Gasteiger partial charge < -0.3 is 5.73 Å². The molecule has 0 saturated carbocycles. The molecule has 1 aliphatic rings. The molecule has 0 spiro atoms. The van der Waals surface area contributed by atoms with Gasteiger partial charge in [0.05, 0.1) is 5.75 Å². The summed E-state index contributed by atoms with van der Waals surface area (Å²) in [5, 5.41) is 1.87. The maximum Gasteiger partial charge on any atom is 0.177 e. The summed E-state index contributed by atoms with van der Waals surface area (Å²) in [7, 11) is 0. The summed E-state index contributed by atoms with van der Waals surface area (Å²) in [6.45, 7) is 5.10. The van der Waals surface area contributed by atoms with Crippen molar-refractivity contribution < 1.29 is 8.49 Å². The highest BCUT2D eigenvalue weighted by Crippen LogP contribution is 2.28. The van der Waals surface area contributed by atoms with E-state index in [0.717, 1.165) is 24.9 Å². The third kappa shape index (κ3) is 4.03. The van der Waals surface area contributed by atoms with Crippen molar-refractivity contribution in [2.45, 2.75) is 44.4 Å². The van der Waals surface area contributed by atoms with Crippen LogP contribution in [0, 0.1) is 0 Å². The molecule has 1 aliphatic heterocycles. The van der Waals surface area contributed by atoms with E-state index in [1.54, 1.807) is 0 Å². The van der Waals surface area contributed by atoms with Gasteiger partial charge >= 0.3 is 0 Å². The molecule has 1 aromatic carbocycles. The second-order valence-electron chi connectivity index (χ2n) is 5.64. The van der Waals surface area contributed by atoms with Crippen molar-refractivity contribution in [1.29, 1.82) is 0 Å². The van der Waals surface area contributed by atoms with Crippen LogP contribution in [-0.2, 0) is 21.1 Å². The van der Waals surface area contributed by atoms with E-state index in [2.05, 4.69) is 13.8 Å². The number of rotatable bonds is 4. The number of hydroxylamine groups is 2. The van der Waals surface area contributed by atoms with Gasteiger partial charge in [-0.25, -0.2) is 4.21 Å². The Morgan fingerprint density at radius 1 is 1.42 bits per heavy atom. The lowest BCUT2D eigenvalue weighted by atomic mass is 9.93. The van der Waals surface area contributed by atoms with E-state index in [1.165, 1.54) is 6.42 Å². The minimum absolute atomic E-state index is 0.0381. The summed E-state index contributed by atoms with van der Waals surface area (Å²) >= 11 is -1.35. The van der Waals surface area contributed by atoms with Gasteiger partial charge in [-0.05, 0) is 44.4 Å². The number of nitrogen functional groups attached to an aromatic ring is 1. The Morgan fingerprint density at radius 2 is 2.21 bits per heavy atom. The summed E-state index contributed by atoms with van der Waals surface area (Å²) in [5.41, 5.74) is 7.30. The van der Waals surface area contributed by atoms with Crippen LogP contribution in [0.5, 0.6) is 0 Å². The Morgan fingerprint density at radius 3 is 2.89 bits per heavy atom. The fraction of sp³-hybridized carbons (Fsp3) is 0.571. The van der Waals surface area contributed by atoms with Crippen LogP contribution in [0.2, 0.25) is 0 Å². The van der Waals surface area contributed by atoms with Gasteiger partial charge in [0.15, 0.2) is 11.1 Å². The fourth-order valence-electron chi connectivity index (χ4n) is 2.32. The molecule has 1 aromatic rings. The van der Waals surface area contributed by atoms with Gasteiger partial charge in [-0.3, -0.25) is 0 Å². The van der Waals surface area contributed by atoms with Gasteiger partial charge in [0, 0.05) is 17.8 Å². The molecule has 4 nitrogen and oxygen atoms in total. The number of anilines is 1. The van der Waals surface area contributed by atoms with E-state index < -0.39 is 11.1 Å². The molecule has 2 rings (SSSR count). The minimum atomic E-state index is -1.35. The summed E-state index contributed by atoms with van der Waals surface area (Å²) in [4.78, 5) is 0. The zero-order chi connectivity index (χ0) is 13.9. The molecule has 106 valence electrons. The monoisotopic (exact) mass is 282 g/mol. The molecule has 1 heterocycles. The molecule has 2 N–H and O–H groups in total. The Hall–Kier alpha value is -0.910. The van der Waals surface area contributed by atoms with Gasteiger partial charge in [0.25, 0.3) is 0 Å². The lowest BCUT2D eigenvalue weighted by Gasteiger charge is -2.40. The lowest BCUT2D eigenvalue weighted by molar-refractivity contribution is -0.141. The van der Waals surface area contributed by atoms with Gasteiger partial charge in [-0.15, -0.1) is 0 Å². The van der Waals surface area contributed by atoms with Crippen molar-refractivity contribution >= 4 is 16.8 Å². The molecule has 1 unspecified atom stereocenters. The predicted molar refractivity (Wildman–Crippen MR) is 78.4 cm³/mol. The molecule has 0 amide bonds. The van der Waals surface area contributed by atoms with Crippen LogP contribution in [-0.4, -0.2) is 21.4 Å². The summed E-state index contributed by atoms with van der Waals surface area (Å²) in [5.74, 6) is 0.373. The Balaban J connectivity index is 1.94. The summed E-state index contributed by atoms with van der Waals surface area (Å²) in [6, 6.07) is 7.44. The van der Waals surface area contributed by atoms with Crippen LogP contribution in [0.25, 0.3) is 0 Å². The highest BCUT2D eigenvalue weighted by atomic mass is 32.2. The maximum absolute atomic E-state index is 12.1. The number of nitrogens with zero attached hydrogens (tertiary/aromatic N) is 1. The number of benzene rings is 1. The number of hydrogen-bond donors (Lipinski definition) is 1. The van der Waals surface area contributed by atoms with Crippen LogP contribution in [0.4, 0.5) is 5.69 Å². The van der Waals surface area contributed by atoms with Crippen LogP contribution in [0.15, 0.2) is 24.3 Å². The zero-order valence-corrected chi connectivity index (χ0v) is 12.4. The summed E-state index contributed by atoms with van der Waals surface area (Å²) < 4.78 is 17.7. The molecular weight excluding hydrogens is 260 g/mol. The molecule has 0 aliphatic carbocycles. The van der Waals surface area contributed by atoms with Gasteiger partial charge in [-0.1, -0.05) is 18.6 Å². The van der Waals surface area contributed by atoms with Crippen molar-refractivity contribution in [1.82, 2.24) is 5.06 Å². The van der Waals surface area contributed by atoms with Crippen molar-refractivity contribution in [2.75, 3.05) is 12.3 Å². The quantitative estimate of drug-likeness (QED) is 0.863. The Kier molecular flexibility index (Phi) is 4.60. The van der Waals surface area contributed by atoms with E-state index in [4.69, 9.17) is 10.0 Å². The van der Waals surface area contributed by atoms with E-state index in [9.17, 15) is 4.21 Å². The highest BCUT2D eigenvalue weighted by Gasteiger charge is 2.32. The topological polar surface area (TPSA) is 55.6 Å². The summed E-state index contributed by atoms with van der Waals surface area (Å²) in [6.07, 6.45) is 3.37. The largest absolute Gasteiger partial charge is 0.399 e. The van der Waals surface area contributed by atoms with Crippen molar-refractivity contribution in [3.63, 3.8) is 0 Å². The van der Waals surface area contributed by atoms with Gasteiger partial charge in [0.2, 0.25) is 0 Å². The minimum Gasteiger partial charge on any atom is -0.399 e. The molecule has 0 bridgehead atoms. The van der Waals surface area contributed by atoms with E-state index in [0.29, 0.717) is 11.4 Å². The normalized spacial score (nSPS) is 21.2. The van der Waals surface area contributed by atoms with Crippen LogP contribution in [0.3, 0.4) is 0 Å². The smallest absolute Gasteiger partial charge is 0.177 e. The number of piperidine rings is 1. The first-order valence-corrected chi connectivity index (χ1v) is 7.91. The average molecular weight is 282 g/mol. The zero-order valence-electron chi connectivity index (χ0n) is 11.6. The second kappa shape index (κ2) is 6.03. The second-order valence-corrected chi connectivity index (χ2v) is 6.68. The first-order valence-electron chi connectivity index (χ1n) is 6.66. The molecule has 1 fully saturated rings. The Labute approximate surface area is 117 Å². The molecule has 5 heteroatoms. The molecule has 19 heavy (non-hydrogen) atoms. The first-order chi connectivity index (χ1) is 8.97. The van der Waals surface area contributed by atoms with Crippen molar-refractivity contribution in [2.24, 2.45) is 0 Å². The standard InChI is InChI=1S/C14H22N2O2S/c1-14(2)8-3-4-9-16(14)18-19(17)11-12-6-5-7-13(15)10-12/h5-7,10H,3-4,8-9,11,15H2,1-2H3. The van der Waals surface area contributed by atoms with Gasteiger partial charge in [-0.2, -0.15) is 9.35 Å². The third-order valence-corrected chi connectivity index (χ3v) is 4.40. The lowest BCUT2D eigenvalue weighted by Crippen LogP contribution is -2.47. The number of nitrogens with two attached hydrogens (primary N) is 1. The highest BCUT2D eigenvalue weighted by molar-refractivity contribution is 7.79. The van der Waals surface area contributed by atoms with Crippen LogP contribution >= 0.6 is 0 Å². The third-order valence-electron chi connectivity index (χ3n) is 3.48. The first kappa shape index (κ1) is 14.5. The van der Waals surface area contributed by atoms with E-state index in [-0.39, 0.29) is 5.54 Å². The average Bonchev–Trinajstić information content (AvgIpc) is 2.32. The molecule has 1 saturated heterocycles. The maximum atomic E-state index is 12.1. The fourth-order valence-corrected chi connectivity index (χ4v) is 3.31. The van der Waals surface area contributed by atoms with E-state index >= 15 is 0 Å².